The summed E-state index contributed by atoms with van der Waals surface area (Å²) in [6.45, 7) is 7.86. The molecule has 116 valence electrons. The maximum Gasteiger partial charge on any atom is 0.409 e. The lowest BCUT2D eigenvalue weighted by Gasteiger charge is -2.33. The molecule has 1 amide bonds. The third-order valence-electron chi connectivity index (χ3n) is 2.53. The number of hydrogen-bond acceptors (Lipinski definition) is 7. The standard InChI is InChI=1S/C12H23N3O4S/c1-4-18-10(13)20-15-7-5-14(6-8-15)11(16)19-9-12(2,3)17/h13,17H,4-9H2,1-3H3. The van der Waals surface area contributed by atoms with Crippen LogP contribution in [0.4, 0.5) is 4.79 Å². The van der Waals surface area contributed by atoms with E-state index in [0.29, 0.717) is 32.8 Å². The number of nitrogens with zero attached hydrogens (tertiary/aromatic N) is 2. The van der Waals surface area contributed by atoms with Gasteiger partial charge >= 0.3 is 6.09 Å². The van der Waals surface area contributed by atoms with Crippen molar-refractivity contribution in [2.45, 2.75) is 26.4 Å². The van der Waals surface area contributed by atoms with Gasteiger partial charge in [-0.05, 0) is 20.8 Å². The minimum Gasteiger partial charge on any atom is -0.473 e. The number of ether oxygens (including phenoxy) is 2. The minimum atomic E-state index is -1.01. The van der Waals surface area contributed by atoms with Gasteiger partial charge in [0.15, 0.2) is 0 Å². The van der Waals surface area contributed by atoms with Crippen LogP contribution in [-0.4, -0.2) is 70.6 Å². The Hall–Kier alpha value is -0.990. The van der Waals surface area contributed by atoms with Crippen LogP contribution in [0.15, 0.2) is 0 Å². The number of carbonyl (C=O) groups excluding carboxylic acids is 1. The van der Waals surface area contributed by atoms with Crippen LogP contribution in [0.25, 0.3) is 0 Å². The van der Waals surface area contributed by atoms with E-state index >= 15 is 0 Å². The molecule has 1 fully saturated rings. The van der Waals surface area contributed by atoms with Gasteiger partial charge in [-0.2, -0.15) is 0 Å². The van der Waals surface area contributed by atoms with Gasteiger partial charge in [0.1, 0.15) is 6.61 Å². The van der Waals surface area contributed by atoms with Crippen molar-refractivity contribution < 1.29 is 19.4 Å². The molecule has 1 rings (SSSR count). The van der Waals surface area contributed by atoms with Crippen LogP contribution in [0.2, 0.25) is 0 Å². The molecule has 0 radical (unpaired) electrons. The molecule has 20 heavy (non-hydrogen) atoms. The summed E-state index contributed by atoms with van der Waals surface area (Å²) in [5, 5.41) is 17.2. The Balaban J connectivity index is 2.27. The van der Waals surface area contributed by atoms with Crippen molar-refractivity contribution in [3.63, 3.8) is 0 Å². The molecule has 0 spiro atoms. The van der Waals surface area contributed by atoms with Crippen molar-refractivity contribution in [2.75, 3.05) is 39.4 Å². The summed E-state index contributed by atoms with van der Waals surface area (Å²) in [6.07, 6.45) is -0.406. The molecular formula is C12H23N3O4S. The lowest BCUT2D eigenvalue weighted by Crippen LogP contribution is -2.47. The topological polar surface area (TPSA) is 86.1 Å². The van der Waals surface area contributed by atoms with Crippen molar-refractivity contribution in [1.82, 2.24) is 9.21 Å². The van der Waals surface area contributed by atoms with E-state index in [1.807, 2.05) is 11.2 Å². The average molecular weight is 305 g/mol. The first-order chi connectivity index (χ1) is 9.31. The molecule has 2 N–H and O–H groups in total. The largest absolute Gasteiger partial charge is 0.473 e. The number of aliphatic hydroxyl groups is 1. The van der Waals surface area contributed by atoms with E-state index in [1.54, 1.807) is 18.7 Å². The van der Waals surface area contributed by atoms with Crippen molar-refractivity contribution in [2.24, 2.45) is 0 Å². The predicted molar refractivity (Wildman–Crippen MR) is 77.7 cm³/mol. The summed E-state index contributed by atoms with van der Waals surface area (Å²) in [6, 6.07) is 0. The van der Waals surface area contributed by atoms with Gasteiger partial charge in [-0.15, -0.1) is 0 Å². The molecule has 1 aliphatic rings. The first kappa shape index (κ1) is 17.1. The molecule has 8 heteroatoms. The SMILES string of the molecule is CCOC(=N)SN1CCN(C(=O)OCC(C)(C)O)CC1. The van der Waals surface area contributed by atoms with E-state index in [-0.39, 0.29) is 11.8 Å². The number of amides is 1. The van der Waals surface area contributed by atoms with Gasteiger partial charge in [0.05, 0.1) is 12.2 Å². The molecule has 1 aliphatic heterocycles. The monoisotopic (exact) mass is 305 g/mol. The highest BCUT2D eigenvalue weighted by molar-refractivity contribution is 8.11. The molecule has 0 aromatic heterocycles. The molecule has 0 aromatic carbocycles. The predicted octanol–water partition coefficient (Wildman–Crippen LogP) is 1.13. The van der Waals surface area contributed by atoms with E-state index in [4.69, 9.17) is 14.9 Å². The molecular weight excluding hydrogens is 282 g/mol. The van der Waals surface area contributed by atoms with Crippen LogP contribution in [0.5, 0.6) is 0 Å². The number of carbonyl (C=O) groups is 1. The third kappa shape index (κ3) is 6.44. The lowest BCUT2D eigenvalue weighted by atomic mass is 10.2. The van der Waals surface area contributed by atoms with Crippen LogP contribution >= 0.6 is 11.9 Å². The van der Waals surface area contributed by atoms with Crippen LogP contribution < -0.4 is 0 Å². The van der Waals surface area contributed by atoms with E-state index in [0.717, 1.165) is 0 Å². The zero-order chi connectivity index (χ0) is 15.2. The zero-order valence-electron chi connectivity index (χ0n) is 12.2. The first-order valence-corrected chi connectivity index (χ1v) is 7.37. The van der Waals surface area contributed by atoms with Crippen molar-refractivity contribution in [3.05, 3.63) is 0 Å². The minimum absolute atomic E-state index is 0.0181. The van der Waals surface area contributed by atoms with Gasteiger partial charge in [-0.25, -0.2) is 9.10 Å². The molecule has 0 atom stereocenters. The van der Waals surface area contributed by atoms with Crippen molar-refractivity contribution in [1.29, 1.82) is 5.41 Å². The zero-order valence-corrected chi connectivity index (χ0v) is 13.0. The van der Waals surface area contributed by atoms with Gasteiger partial charge in [0.25, 0.3) is 5.23 Å². The fourth-order valence-electron chi connectivity index (χ4n) is 1.57. The van der Waals surface area contributed by atoms with Gasteiger partial charge in [0.2, 0.25) is 0 Å². The fraction of sp³-hybridized carbons (Fsp3) is 0.833. The normalized spacial score (nSPS) is 16.9. The summed E-state index contributed by atoms with van der Waals surface area (Å²) in [7, 11) is 0. The van der Waals surface area contributed by atoms with Crippen LogP contribution in [0.3, 0.4) is 0 Å². The second-order valence-electron chi connectivity index (χ2n) is 5.09. The fourth-order valence-corrected chi connectivity index (χ4v) is 2.32. The van der Waals surface area contributed by atoms with Crippen molar-refractivity contribution >= 4 is 23.3 Å². The smallest absolute Gasteiger partial charge is 0.409 e. The Labute approximate surface area is 123 Å². The Kier molecular flexibility index (Phi) is 6.57. The Morgan fingerprint density at radius 2 is 1.90 bits per heavy atom. The number of piperazine rings is 1. The van der Waals surface area contributed by atoms with E-state index in [2.05, 4.69) is 0 Å². The molecule has 7 nitrogen and oxygen atoms in total. The summed E-state index contributed by atoms with van der Waals surface area (Å²) >= 11 is 1.25. The highest BCUT2D eigenvalue weighted by atomic mass is 32.2. The van der Waals surface area contributed by atoms with E-state index < -0.39 is 11.7 Å². The van der Waals surface area contributed by atoms with Crippen molar-refractivity contribution in [3.8, 4) is 0 Å². The Bertz CT molecular complexity index is 338. The summed E-state index contributed by atoms with van der Waals surface area (Å²) in [4.78, 5) is 13.4. The first-order valence-electron chi connectivity index (χ1n) is 6.60. The Morgan fingerprint density at radius 1 is 1.30 bits per heavy atom. The number of hydrogen-bond donors (Lipinski definition) is 2. The highest BCUT2D eigenvalue weighted by Gasteiger charge is 2.25. The maximum atomic E-state index is 11.8. The van der Waals surface area contributed by atoms with E-state index in [9.17, 15) is 9.90 Å². The number of nitrogens with one attached hydrogen (secondary N) is 1. The molecule has 1 saturated heterocycles. The van der Waals surface area contributed by atoms with Gasteiger partial charge in [0, 0.05) is 38.1 Å². The summed E-state index contributed by atoms with van der Waals surface area (Å²) < 4.78 is 12.1. The van der Waals surface area contributed by atoms with Gasteiger partial charge < -0.3 is 19.5 Å². The lowest BCUT2D eigenvalue weighted by molar-refractivity contribution is -0.00579. The average Bonchev–Trinajstić information content (AvgIpc) is 2.36. The van der Waals surface area contributed by atoms with Crippen LogP contribution in [0, 0.1) is 5.41 Å². The van der Waals surface area contributed by atoms with Crippen LogP contribution in [0.1, 0.15) is 20.8 Å². The second-order valence-corrected chi connectivity index (χ2v) is 6.16. The highest BCUT2D eigenvalue weighted by Crippen LogP contribution is 2.16. The van der Waals surface area contributed by atoms with Crippen LogP contribution in [-0.2, 0) is 9.47 Å². The molecule has 0 aliphatic carbocycles. The van der Waals surface area contributed by atoms with Gasteiger partial charge in [-0.1, -0.05) is 0 Å². The molecule has 0 aromatic rings. The Morgan fingerprint density at radius 3 is 2.40 bits per heavy atom. The number of rotatable bonds is 4. The molecule has 1 heterocycles. The summed E-state index contributed by atoms with van der Waals surface area (Å²) in [5.74, 6) is 0. The van der Waals surface area contributed by atoms with Gasteiger partial charge in [-0.3, -0.25) is 5.41 Å². The maximum absolute atomic E-state index is 11.8. The second kappa shape index (κ2) is 7.70. The summed E-state index contributed by atoms with van der Waals surface area (Å²) in [5.41, 5.74) is -1.01. The molecule has 0 unspecified atom stereocenters. The van der Waals surface area contributed by atoms with E-state index in [1.165, 1.54) is 11.9 Å². The molecule has 0 bridgehead atoms. The third-order valence-corrected chi connectivity index (χ3v) is 3.44. The molecule has 0 saturated carbocycles. The quantitative estimate of drug-likeness (QED) is 0.460.